The molecule has 100 valence electrons. The monoisotopic (exact) mass is 264 g/mol. The molecule has 0 aliphatic heterocycles. The van der Waals surface area contributed by atoms with Crippen LogP contribution in [0.4, 0.5) is 23.2 Å². The van der Waals surface area contributed by atoms with Gasteiger partial charge in [0.2, 0.25) is 0 Å². The Labute approximate surface area is 101 Å². The topological polar surface area (TPSA) is 41.1 Å². The molecule has 0 bridgehead atoms. The first-order chi connectivity index (χ1) is 8.45. The van der Waals surface area contributed by atoms with Gasteiger partial charge in [-0.1, -0.05) is 0 Å². The van der Waals surface area contributed by atoms with Crippen molar-refractivity contribution >= 4 is 11.6 Å². The molecule has 0 spiro atoms. The van der Waals surface area contributed by atoms with E-state index < -0.39 is 30.5 Å². The van der Waals surface area contributed by atoms with Crippen molar-refractivity contribution in [2.45, 2.75) is 13.3 Å². The number of alkyl halides is 2. The molecule has 0 saturated heterocycles. The maximum atomic E-state index is 13.4. The highest BCUT2D eigenvalue weighted by Gasteiger charge is 2.15. The van der Waals surface area contributed by atoms with Gasteiger partial charge in [-0.2, -0.15) is 0 Å². The molecule has 0 heterocycles. The maximum Gasteiger partial charge on any atom is 0.255 e. The van der Waals surface area contributed by atoms with Crippen LogP contribution in [-0.4, -0.2) is 25.4 Å². The van der Waals surface area contributed by atoms with Gasteiger partial charge in [-0.25, -0.2) is 17.6 Å². The van der Waals surface area contributed by atoms with Crippen molar-refractivity contribution in [2.24, 2.45) is 0 Å². The third kappa shape index (κ3) is 3.61. The number of benzene rings is 1. The molecule has 1 aromatic carbocycles. The van der Waals surface area contributed by atoms with Gasteiger partial charge < -0.3 is 10.6 Å². The Morgan fingerprint density at radius 2 is 1.83 bits per heavy atom. The van der Waals surface area contributed by atoms with Crippen LogP contribution in [0, 0.1) is 11.6 Å². The molecule has 0 fully saturated rings. The summed E-state index contributed by atoms with van der Waals surface area (Å²) in [5.74, 6) is -2.84. The average molecular weight is 264 g/mol. The quantitative estimate of drug-likeness (QED) is 0.802. The fourth-order valence-electron chi connectivity index (χ4n) is 1.32. The number of carbonyl (C=O) groups is 1. The molecule has 3 nitrogen and oxygen atoms in total. The molecule has 1 aromatic rings. The number of halogens is 4. The van der Waals surface area contributed by atoms with Gasteiger partial charge in [-0.3, -0.25) is 4.79 Å². The van der Waals surface area contributed by atoms with Crippen LogP contribution >= 0.6 is 0 Å². The summed E-state index contributed by atoms with van der Waals surface area (Å²) in [4.78, 5) is 11.3. The largest absolute Gasteiger partial charge is 0.381 e. The SMILES string of the molecule is CCNc1c(F)cc(C(=O)NCC(F)F)cc1F. The molecule has 0 atom stereocenters. The van der Waals surface area contributed by atoms with E-state index in [1.54, 1.807) is 6.92 Å². The van der Waals surface area contributed by atoms with Gasteiger partial charge in [0, 0.05) is 12.1 Å². The smallest absolute Gasteiger partial charge is 0.255 e. The predicted molar refractivity (Wildman–Crippen MR) is 58.9 cm³/mol. The van der Waals surface area contributed by atoms with Crippen molar-refractivity contribution in [1.82, 2.24) is 5.32 Å². The standard InChI is InChI=1S/C11H12F4N2O/c1-2-16-10-7(12)3-6(4-8(10)13)11(18)17-5-9(14)15/h3-4,9,16H,2,5H2,1H3,(H,17,18). The van der Waals surface area contributed by atoms with Gasteiger partial charge in [0.25, 0.3) is 12.3 Å². The van der Waals surface area contributed by atoms with Gasteiger partial charge in [-0.05, 0) is 19.1 Å². The van der Waals surface area contributed by atoms with E-state index in [4.69, 9.17) is 0 Å². The lowest BCUT2D eigenvalue weighted by Crippen LogP contribution is -2.28. The van der Waals surface area contributed by atoms with Crippen LogP contribution in [0.2, 0.25) is 0 Å². The Bertz CT molecular complexity index is 414. The number of nitrogens with one attached hydrogen (secondary N) is 2. The molecule has 0 aliphatic carbocycles. The molecular formula is C11H12F4N2O. The highest BCUT2D eigenvalue weighted by Crippen LogP contribution is 2.20. The molecule has 7 heteroatoms. The van der Waals surface area contributed by atoms with Crippen molar-refractivity contribution in [3.8, 4) is 0 Å². The molecule has 1 amide bonds. The zero-order valence-electron chi connectivity index (χ0n) is 9.57. The van der Waals surface area contributed by atoms with Crippen LogP contribution in [0.3, 0.4) is 0 Å². The minimum absolute atomic E-state index is 0.310. The second kappa shape index (κ2) is 6.23. The second-order valence-electron chi connectivity index (χ2n) is 3.45. The number of rotatable bonds is 5. The Balaban J connectivity index is 2.88. The third-order valence-electron chi connectivity index (χ3n) is 2.07. The fourth-order valence-corrected chi connectivity index (χ4v) is 1.32. The fraction of sp³-hybridized carbons (Fsp3) is 0.364. The molecule has 2 N–H and O–H groups in total. The van der Waals surface area contributed by atoms with Crippen LogP contribution in [0.1, 0.15) is 17.3 Å². The summed E-state index contributed by atoms with van der Waals surface area (Å²) in [5, 5.41) is 4.32. The van der Waals surface area contributed by atoms with E-state index in [9.17, 15) is 22.4 Å². The number of carbonyl (C=O) groups excluding carboxylic acids is 1. The second-order valence-corrected chi connectivity index (χ2v) is 3.45. The van der Waals surface area contributed by atoms with Crippen molar-refractivity contribution in [3.63, 3.8) is 0 Å². The molecule has 0 aromatic heterocycles. The number of anilines is 1. The van der Waals surface area contributed by atoms with E-state index in [2.05, 4.69) is 5.32 Å². The van der Waals surface area contributed by atoms with E-state index >= 15 is 0 Å². The summed E-state index contributed by atoms with van der Waals surface area (Å²) >= 11 is 0. The van der Waals surface area contributed by atoms with Crippen molar-refractivity contribution < 1.29 is 22.4 Å². The Morgan fingerprint density at radius 1 is 1.28 bits per heavy atom. The summed E-state index contributed by atoms with van der Waals surface area (Å²) in [6, 6.07) is 1.59. The minimum atomic E-state index is -2.72. The predicted octanol–water partition coefficient (Wildman–Crippen LogP) is 2.39. The molecule has 0 unspecified atom stereocenters. The van der Waals surface area contributed by atoms with E-state index in [-0.39, 0.29) is 11.3 Å². The van der Waals surface area contributed by atoms with Gasteiger partial charge in [0.05, 0.1) is 6.54 Å². The molecule has 0 radical (unpaired) electrons. The summed E-state index contributed by atoms with van der Waals surface area (Å²) in [6.45, 7) is 1.10. The van der Waals surface area contributed by atoms with Crippen molar-refractivity contribution in [1.29, 1.82) is 0 Å². The summed E-state index contributed by atoms with van der Waals surface area (Å²) in [7, 11) is 0. The van der Waals surface area contributed by atoms with Crippen LogP contribution in [0.15, 0.2) is 12.1 Å². The van der Waals surface area contributed by atoms with Crippen LogP contribution < -0.4 is 10.6 Å². The van der Waals surface area contributed by atoms with Gasteiger partial charge in [-0.15, -0.1) is 0 Å². The molecular weight excluding hydrogens is 252 g/mol. The first-order valence-corrected chi connectivity index (χ1v) is 5.25. The van der Waals surface area contributed by atoms with E-state index in [0.29, 0.717) is 6.54 Å². The minimum Gasteiger partial charge on any atom is -0.381 e. The molecule has 1 rings (SSSR count). The molecule has 0 saturated carbocycles. The summed E-state index contributed by atoms with van der Waals surface area (Å²) in [5.41, 5.74) is -0.685. The van der Waals surface area contributed by atoms with Gasteiger partial charge in [0.15, 0.2) is 0 Å². The van der Waals surface area contributed by atoms with Crippen molar-refractivity contribution in [3.05, 3.63) is 29.3 Å². The van der Waals surface area contributed by atoms with Crippen LogP contribution in [0.25, 0.3) is 0 Å². The number of hydrogen-bond donors (Lipinski definition) is 2. The highest BCUT2D eigenvalue weighted by molar-refractivity contribution is 5.94. The zero-order chi connectivity index (χ0) is 13.7. The first kappa shape index (κ1) is 14.3. The van der Waals surface area contributed by atoms with E-state index in [1.807, 2.05) is 5.32 Å². The summed E-state index contributed by atoms with van der Waals surface area (Å²) in [6.07, 6.45) is -2.72. The first-order valence-electron chi connectivity index (χ1n) is 5.25. The van der Waals surface area contributed by atoms with E-state index in [0.717, 1.165) is 12.1 Å². The lowest BCUT2D eigenvalue weighted by molar-refractivity contribution is 0.0891. The third-order valence-corrected chi connectivity index (χ3v) is 2.07. The Morgan fingerprint density at radius 3 is 2.28 bits per heavy atom. The number of hydrogen-bond acceptors (Lipinski definition) is 2. The lowest BCUT2D eigenvalue weighted by atomic mass is 10.1. The normalized spacial score (nSPS) is 10.6. The molecule has 18 heavy (non-hydrogen) atoms. The molecule has 0 aliphatic rings. The van der Waals surface area contributed by atoms with Crippen LogP contribution in [-0.2, 0) is 0 Å². The lowest BCUT2D eigenvalue weighted by Gasteiger charge is -2.09. The van der Waals surface area contributed by atoms with Crippen molar-refractivity contribution in [2.75, 3.05) is 18.4 Å². The average Bonchev–Trinajstić information content (AvgIpc) is 2.30. The highest BCUT2D eigenvalue weighted by atomic mass is 19.3. The number of amides is 1. The Hall–Kier alpha value is -1.79. The Kier molecular flexibility index (Phi) is 4.94. The van der Waals surface area contributed by atoms with Crippen LogP contribution in [0.5, 0.6) is 0 Å². The maximum absolute atomic E-state index is 13.4. The summed E-state index contributed by atoms with van der Waals surface area (Å²) < 4.78 is 50.6. The van der Waals surface area contributed by atoms with Gasteiger partial charge >= 0.3 is 0 Å². The zero-order valence-corrected chi connectivity index (χ0v) is 9.57. The van der Waals surface area contributed by atoms with Gasteiger partial charge in [0.1, 0.15) is 17.3 Å². The van der Waals surface area contributed by atoms with E-state index in [1.165, 1.54) is 0 Å².